The Morgan fingerprint density at radius 2 is 2.12 bits per heavy atom. The number of nitrogens with one attached hydrogen (secondary N) is 1. The SMILES string of the molecule is O=c1[nH]cnc2ccc(N3CCC(c4nnc5n4CCCC5)C3)nc12. The van der Waals surface area contributed by atoms with Gasteiger partial charge in [-0.2, -0.15) is 0 Å². The molecule has 25 heavy (non-hydrogen) atoms. The molecule has 1 N–H and O–H groups in total. The van der Waals surface area contributed by atoms with Gasteiger partial charge in [0.05, 0.1) is 11.8 Å². The van der Waals surface area contributed by atoms with Crippen LogP contribution in [-0.4, -0.2) is 42.8 Å². The van der Waals surface area contributed by atoms with Gasteiger partial charge in [0.25, 0.3) is 5.56 Å². The van der Waals surface area contributed by atoms with E-state index in [4.69, 9.17) is 0 Å². The number of fused-ring (bicyclic) bond motifs is 2. The van der Waals surface area contributed by atoms with Crippen molar-refractivity contribution in [1.29, 1.82) is 0 Å². The van der Waals surface area contributed by atoms with Gasteiger partial charge in [-0.05, 0) is 31.4 Å². The monoisotopic (exact) mass is 337 g/mol. The molecule has 0 aromatic carbocycles. The Morgan fingerprint density at radius 3 is 3.08 bits per heavy atom. The van der Waals surface area contributed by atoms with Crippen molar-refractivity contribution in [3.63, 3.8) is 0 Å². The second kappa shape index (κ2) is 5.65. The summed E-state index contributed by atoms with van der Waals surface area (Å²) in [5, 5.41) is 8.85. The normalized spacial score (nSPS) is 20.2. The zero-order valence-corrected chi connectivity index (χ0v) is 13.9. The first-order chi connectivity index (χ1) is 12.3. The predicted octanol–water partition coefficient (Wildman–Crippen LogP) is 1.24. The van der Waals surface area contributed by atoms with E-state index >= 15 is 0 Å². The van der Waals surface area contributed by atoms with Crippen LogP contribution in [0.25, 0.3) is 11.0 Å². The third-order valence-corrected chi connectivity index (χ3v) is 5.24. The Hall–Kier alpha value is -2.77. The highest BCUT2D eigenvalue weighted by atomic mass is 16.1. The Balaban J connectivity index is 1.43. The van der Waals surface area contributed by atoms with Crippen molar-refractivity contribution in [2.24, 2.45) is 0 Å². The quantitative estimate of drug-likeness (QED) is 0.756. The summed E-state index contributed by atoms with van der Waals surface area (Å²) in [6.07, 6.45) is 5.88. The smallest absolute Gasteiger partial charge is 0.277 e. The van der Waals surface area contributed by atoms with Crippen LogP contribution in [0.4, 0.5) is 5.82 Å². The van der Waals surface area contributed by atoms with Crippen LogP contribution in [0.1, 0.15) is 36.8 Å². The van der Waals surface area contributed by atoms with Gasteiger partial charge in [-0.1, -0.05) is 0 Å². The second-order valence-electron chi connectivity index (χ2n) is 6.78. The summed E-state index contributed by atoms with van der Waals surface area (Å²) >= 11 is 0. The van der Waals surface area contributed by atoms with Gasteiger partial charge in [-0.3, -0.25) is 4.79 Å². The Labute approximate surface area is 143 Å². The van der Waals surface area contributed by atoms with E-state index in [9.17, 15) is 4.79 Å². The summed E-state index contributed by atoms with van der Waals surface area (Å²) in [4.78, 5) is 25.5. The van der Waals surface area contributed by atoms with Crippen molar-refractivity contribution in [2.45, 2.75) is 38.1 Å². The maximum absolute atomic E-state index is 12.0. The highest BCUT2D eigenvalue weighted by Crippen LogP contribution is 2.31. The fourth-order valence-corrected chi connectivity index (χ4v) is 3.93. The van der Waals surface area contributed by atoms with Gasteiger partial charge in [0.15, 0.2) is 5.52 Å². The van der Waals surface area contributed by atoms with Crippen molar-refractivity contribution in [1.82, 2.24) is 29.7 Å². The highest BCUT2D eigenvalue weighted by Gasteiger charge is 2.30. The number of pyridine rings is 1. The van der Waals surface area contributed by atoms with Crippen molar-refractivity contribution >= 4 is 16.9 Å². The molecular weight excluding hydrogens is 318 g/mol. The van der Waals surface area contributed by atoms with Crippen molar-refractivity contribution in [3.8, 4) is 0 Å². The Bertz CT molecular complexity index is 992. The van der Waals surface area contributed by atoms with Crippen LogP contribution >= 0.6 is 0 Å². The molecule has 0 aliphatic carbocycles. The minimum atomic E-state index is -0.200. The van der Waals surface area contributed by atoms with Gasteiger partial charge in [0.2, 0.25) is 0 Å². The van der Waals surface area contributed by atoms with Crippen LogP contribution < -0.4 is 10.5 Å². The first kappa shape index (κ1) is 14.6. The Kier molecular flexibility index (Phi) is 3.29. The molecule has 128 valence electrons. The fourth-order valence-electron chi connectivity index (χ4n) is 3.93. The van der Waals surface area contributed by atoms with Crippen molar-refractivity contribution in [2.75, 3.05) is 18.0 Å². The fraction of sp³-hybridized carbons (Fsp3) is 0.471. The van der Waals surface area contributed by atoms with Crippen LogP contribution in [-0.2, 0) is 13.0 Å². The molecule has 0 spiro atoms. The third kappa shape index (κ3) is 2.40. The largest absolute Gasteiger partial charge is 0.356 e. The van der Waals surface area contributed by atoms with Crippen molar-refractivity contribution < 1.29 is 0 Å². The van der Waals surface area contributed by atoms with Crippen LogP contribution in [0.2, 0.25) is 0 Å². The lowest BCUT2D eigenvalue weighted by molar-refractivity contribution is 0.494. The summed E-state index contributed by atoms with van der Waals surface area (Å²) in [6.45, 7) is 2.79. The number of hydrogen-bond donors (Lipinski definition) is 1. The minimum absolute atomic E-state index is 0.200. The lowest BCUT2D eigenvalue weighted by Gasteiger charge is -2.19. The maximum Gasteiger partial charge on any atom is 0.277 e. The number of anilines is 1. The molecule has 5 rings (SSSR count). The lowest BCUT2D eigenvalue weighted by atomic mass is 10.1. The maximum atomic E-state index is 12.0. The van der Waals surface area contributed by atoms with Gasteiger partial charge in [0, 0.05) is 32.0 Å². The van der Waals surface area contributed by atoms with Gasteiger partial charge in [-0.15, -0.1) is 10.2 Å². The molecule has 1 saturated heterocycles. The number of aromatic nitrogens is 6. The first-order valence-corrected chi connectivity index (χ1v) is 8.81. The van der Waals surface area contributed by atoms with Crippen LogP contribution in [0.3, 0.4) is 0 Å². The molecule has 3 aromatic rings. The number of aryl methyl sites for hydroxylation is 1. The molecule has 0 radical (unpaired) electrons. The number of hydrogen-bond acceptors (Lipinski definition) is 6. The number of H-pyrrole nitrogens is 1. The van der Waals surface area contributed by atoms with Crippen LogP contribution in [0, 0.1) is 0 Å². The van der Waals surface area contributed by atoms with E-state index in [0.29, 0.717) is 17.0 Å². The van der Waals surface area contributed by atoms with E-state index in [1.165, 1.54) is 19.2 Å². The molecular formula is C17H19N7O. The molecule has 0 saturated carbocycles. The summed E-state index contributed by atoms with van der Waals surface area (Å²) in [6, 6.07) is 3.80. The summed E-state index contributed by atoms with van der Waals surface area (Å²) in [5.74, 6) is 3.43. The standard InChI is InChI=1S/C17H19N7O/c25-17-15-12(18-10-19-17)4-5-13(20-15)23-8-6-11(9-23)16-22-21-14-3-1-2-7-24(14)16/h4-5,10-11H,1-3,6-9H2,(H,18,19,25). The van der Waals surface area contributed by atoms with E-state index in [0.717, 1.165) is 49.9 Å². The molecule has 2 aliphatic heterocycles. The van der Waals surface area contributed by atoms with E-state index in [1.807, 2.05) is 12.1 Å². The molecule has 3 aromatic heterocycles. The molecule has 0 bridgehead atoms. The highest BCUT2D eigenvalue weighted by molar-refractivity contribution is 5.74. The first-order valence-electron chi connectivity index (χ1n) is 8.81. The average molecular weight is 337 g/mol. The molecule has 8 heteroatoms. The molecule has 1 unspecified atom stereocenters. The van der Waals surface area contributed by atoms with Crippen LogP contribution in [0.15, 0.2) is 23.3 Å². The minimum Gasteiger partial charge on any atom is -0.356 e. The van der Waals surface area contributed by atoms with Gasteiger partial charge < -0.3 is 14.5 Å². The molecule has 8 nitrogen and oxygen atoms in total. The molecule has 0 amide bonds. The third-order valence-electron chi connectivity index (χ3n) is 5.24. The molecule has 2 aliphatic rings. The topological polar surface area (TPSA) is 92.6 Å². The number of nitrogens with zero attached hydrogens (tertiary/aromatic N) is 6. The van der Waals surface area contributed by atoms with E-state index in [2.05, 4.69) is 34.6 Å². The average Bonchev–Trinajstić information content (AvgIpc) is 3.28. The summed E-state index contributed by atoms with van der Waals surface area (Å²) in [5.41, 5.74) is 0.812. The molecule has 1 atom stereocenters. The zero-order chi connectivity index (χ0) is 16.8. The van der Waals surface area contributed by atoms with E-state index in [-0.39, 0.29) is 5.56 Å². The lowest BCUT2D eigenvalue weighted by Crippen LogP contribution is -2.22. The number of aromatic amines is 1. The van der Waals surface area contributed by atoms with Crippen LogP contribution in [0.5, 0.6) is 0 Å². The van der Waals surface area contributed by atoms with Gasteiger partial charge in [-0.25, -0.2) is 9.97 Å². The van der Waals surface area contributed by atoms with Gasteiger partial charge >= 0.3 is 0 Å². The second-order valence-corrected chi connectivity index (χ2v) is 6.78. The predicted molar refractivity (Wildman–Crippen MR) is 92.7 cm³/mol. The molecule has 5 heterocycles. The van der Waals surface area contributed by atoms with Gasteiger partial charge in [0.1, 0.15) is 17.5 Å². The summed E-state index contributed by atoms with van der Waals surface area (Å²) in [7, 11) is 0. The molecule has 1 fully saturated rings. The van der Waals surface area contributed by atoms with E-state index < -0.39 is 0 Å². The Morgan fingerprint density at radius 1 is 1.16 bits per heavy atom. The van der Waals surface area contributed by atoms with E-state index in [1.54, 1.807) is 0 Å². The zero-order valence-electron chi connectivity index (χ0n) is 13.9. The van der Waals surface area contributed by atoms with Crippen molar-refractivity contribution in [3.05, 3.63) is 40.5 Å². The number of rotatable bonds is 2. The summed E-state index contributed by atoms with van der Waals surface area (Å²) < 4.78 is 2.31.